The minimum atomic E-state index is -0.291. The summed E-state index contributed by atoms with van der Waals surface area (Å²) in [7, 11) is 0. The number of aldehydes is 1. The Morgan fingerprint density at radius 2 is 2.38 bits per heavy atom. The molecule has 66 valence electrons. The molecule has 0 aromatic carbocycles. The molecule has 0 aliphatic heterocycles. The van der Waals surface area contributed by atoms with Crippen molar-refractivity contribution in [1.82, 2.24) is 14.4 Å². The molecule has 2 rings (SSSR count). The third-order valence-electron chi connectivity index (χ3n) is 1.83. The zero-order valence-electron chi connectivity index (χ0n) is 6.94. The molecule has 0 atom stereocenters. The smallest absolute Gasteiger partial charge is 0.313 e. The van der Waals surface area contributed by atoms with Crippen molar-refractivity contribution in [3.63, 3.8) is 0 Å². The van der Waals surface area contributed by atoms with Gasteiger partial charge in [-0.05, 0) is 6.92 Å². The molecule has 0 aliphatic rings. The molecule has 0 unspecified atom stereocenters. The predicted molar refractivity (Wildman–Crippen MR) is 45.9 cm³/mol. The van der Waals surface area contributed by atoms with Crippen LogP contribution in [-0.2, 0) is 0 Å². The Labute approximate surface area is 73.0 Å². The lowest BCUT2D eigenvalue weighted by Crippen LogP contribution is -2.15. The van der Waals surface area contributed by atoms with Gasteiger partial charge in [-0.15, -0.1) is 0 Å². The second-order valence-electron chi connectivity index (χ2n) is 2.75. The van der Waals surface area contributed by atoms with E-state index in [4.69, 9.17) is 0 Å². The van der Waals surface area contributed by atoms with E-state index < -0.39 is 0 Å². The van der Waals surface area contributed by atoms with Crippen LogP contribution in [0.5, 0.6) is 0 Å². The van der Waals surface area contributed by atoms with E-state index >= 15 is 0 Å². The Balaban J connectivity index is 2.96. The summed E-state index contributed by atoms with van der Waals surface area (Å²) in [5.41, 5.74) is 1.32. The molecule has 0 spiro atoms. The van der Waals surface area contributed by atoms with Gasteiger partial charge in [0.2, 0.25) is 0 Å². The number of H-pyrrole nitrogens is 1. The molecule has 0 amide bonds. The highest BCUT2D eigenvalue weighted by molar-refractivity contribution is 5.73. The monoisotopic (exact) mass is 177 g/mol. The van der Waals surface area contributed by atoms with Crippen LogP contribution >= 0.6 is 0 Å². The fraction of sp³-hybridized carbons (Fsp3) is 0.125. The lowest BCUT2D eigenvalue weighted by Gasteiger charge is -1.93. The first-order valence-corrected chi connectivity index (χ1v) is 3.75. The number of aromatic nitrogens is 3. The Morgan fingerprint density at radius 1 is 1.62 bits per heavy atom. The molecule has 5 heteroatoms. The van der Waals surface area contributed by atoms with Crippen LogP contribution in [-0.4, -0.2) is 20.7 Å². The standard InChI is InChI=1S/C8H7N3O2/c1-5-2-9-8(13)11-3-6(4-12)10-7(5)11/h2-4H,1H3,(H,9,13). The third-order valence-corrected chi connectivity index (χ3v) is 1.83. The Hall–Kier alpha value is -1.91. The predicted octanol–water partition coefficient (Wildman–Crippen LogP) is 0.144. The Bertz CT molecular complexity index is 524. The number of rotatable bonds is 1. The largest absolute Gasteiger partial charge is 0.331 e. The molecular formula is C8H7N3O2. The van der Waals surface area contributed by atoms with Crippen molar-refractivity contribution in [2.75, 3.05) is 0 Å². The molecule has 2 aromatic heterocycles. The van der Waals surface area contributed by atoms with Gasteiger partial charge in [0.05, 0.1) is 0 Å². The van der Waals surface area contributed by atoms with Crippen LogP contribution in [0.25, 0.3) is 5.65 Å². The van der Waals surface area contributed by atoms with E-state index in [-0.39, 0.29) is 11.4 Å². The number of carbonyl (C=O) groups excluding carboxylic acids is 1. The van der Waals surface area contributed by atoms with E-state index in [1.54, 1.807) is 6.20 Å². The number of imidazole rings is 1. The fourth-order valence-electron chi connectivity index (χ4n) is 1.19. The average molecular weight is 177 g/mol. The van der Waals surface area contributed by atoms with E-state index in [2.05, 4.69) is 9.97 Å². The van der Waals surface area contributed by atoms with Crippen molar-refractivity contribution in [1.29, 1.82) is 0 Å². The first-order chi connectivity index (χ1) is 6.22. The van der Waals surface area contributed by atoms with Gasteiger partial charge >= 0.3 is 5.69 Å². The maximum atomic E-state index is 11.2. The summed E-state index contributed by atoms with van der Waals surface area (Å²) in [6.45, 7) is 1.81. The molecule has 0 saturated carbocycles. The molecule has 0 aliphatic carbocycles. The summed E-state index contributed by atoms with van der Waals surface area (Å²) in [5, 5.41) is 0. The summed E-state index contributed by atoms with van der Waals surface area (Å²) >= 11 is 0. The van der Waals surface area contributed by atoms with E-state index in [9.17, 15) is 9.59 Å². The van der Waals surface area contributed by atoms with E-state index in [0.717, 1.165) is 5.56 Å². The van der Waals surface area contributed by atoms with Crippen molar-refractivity contribution in [2.45, 2.75) is 6.92 Å². The van der Waals surface area contributed by atoms with Gasteiger partial charge in [0.15, 0.2) is 6.29 Å². The molecule has 2 aromatic rings. The van der Waals surface area contributed by atoms with Gasteiger partial charge < -0.3 is 4.98 Å². The van der Waals surface area contributed by atoms with Crippen LogP contribution in [0.4, 0.5) is 0 Å². The van der Waals surface area contributed by atoms with Gasteiger partial charge in [0, 0.05) is 18.0 Å². The lowest BCUT2D eigenvalue weighted by molar-refractivity contribution is 0.111. The average Bonchev–Trinajstić information content (AvgIpc) is 2.56. The van der Waals surface area contributed by atoms with Crippen LogP contribution in [0.1, 0.15) is 16.1 Å². The topological polar surface area (TPSA) is 67.2 Å². The Kier molecular flexibility index (Phi) is 1.51. The van der Waals surface area contributed by atoms with Crippen LogP contribution in [0.15, 0.2) is 17.2 Å². The number of fused-ring (bicyclic) bond motifs is 1. The van der Waals surface area contributed by atoms with Gasteiger partial charge in [-0.1, -0.05) is 0 Å². The molecule has 5 nitrogen and oxygen atoms in total. The van der Waals surface area contributed by atoms with Gasteiger partial charge in [-0.3, -0.25) is 9.20 Å². The molecule has 13 heavy (non-hydrogen) atoms. The highest BCUT2D eigenvalue weighted by atomic mass is 16.1. The number of carbonyl (C=O) groups is 1. The normalized spacial score (nSPS) is 10.5. The van der Waals surface area contributed by atoms with Crippen molar-refractivity contribution >= 4 is 11.9 Å². The molecule has 0 saturated heterocycles. The summed E-state index contributed by atoms with van der Waals surface area (Å²) < 4.78 is 1.32. The molecule has 1 N–H and O–H groups in total. The quantitative estimate of drug-likeness (QED) is 0.630. The van der Waals surface area contributed by atoms with Crippen LogP contribution in [0.3, 0.4) is 0 Å². The minimum absolute atomic E-state index is 0.264. The fourth-order valence-corrected chi connectivity index (χ4v) is 1.19. The molecule has 0 bridgehead atoms. The number of aryl methyl sites for hydroxylation is 1. The summed E-state index contributed by atoms with van der Waals surface area (Å²) in [5.74, 6) is 0. The van der Waals surface area contributed by atoms with Crippen molar-refractivity contribution in [3.8, 4) is 0 Å². The second kappa shape index (κ2) is 2.55. The molecule has 0 radical (unpaired) electrons. The van der Waals surface area contributed by atoms with Gasteiger partial charge in [0.1, 0.15) is 11.3 Å². The highest BCUT2D eigenvalue weighted by Crippen LogP contribution is 2.04. The first-order valence-electron chi connectivity index (χ1n) is 3.75. The van der Waals surface area contributed by atoms with Crippen LogP contribution in [0.2, 0.25) is 0 Å². The van der Waals surface area contributed by atoms with E-state index in [1.165, 1.54) is 10.6 Å². The number of hydrogen-bond acceptors (Lipinski definition) is 3. The number of nitrogens with zero attached hydrogens (tertiary/aromatic N) is 2. The SMILES string of the molecule is Cc1c[nH]c(=O)n2cc(C=O)nc12. The summed E-state index contributed by atoms with van der Waals surface area (Å²) in [4.78, 5) is 28.1. The van der Waals surface area contributed by atoms with Gasteiger partial charge in [-0.25, -0.2) is 9.78 Å². The zero-order chi connectivity index (χ0) is 9.42. The van der Waals surface area contributed by atoms with Gasteiger partial charge in [0.25, 0.3) is 0 Å². The third kappa shape index (κ3) is 1.05. The van der Waals surface area contributed by atoms with Crippen LogP contribution in [0, 0.1) is 6.92 Å². The first kappa shape index (κ1) is 7.72. The summed E-state index contributed by atoms with van der Waals surface area (Å²) in [6.07, 6.45) is 3.60. The zero-order valence-corrected chi connectivity index (χ0v) is 6.94. The molecule has 2 heterocycles. The number of aromatic amines is 1. The maximum absolute atomic E-state index is 11.2. The number of nitrogens with one attached hydrogen (secondary N) is 1. The maximum Gasteiger partial charge on any atom is 0.331 e. The van der Waals surface area contributed by atoms with Crippen molar-refractivity contribution < 1.29 is 4.79 Å². The Morgan fingerprint density at radius 3 is 3.00 bits per heavy atom. The van der Waals surface area contributed by atoms with E-state index in [1.807, 2.05) is 6.92 Å². The number of hydrogen-bond donors (Lipinski definition) is 1. The van der Waals surface area contributed by atoms with Crippen molar-refractivity contribution in [2.24, 2.45) is 0 Å². The second-order valence-corrected chi connectivity index (χ2v) is 2.75. The van der Waals surface area contributed by atoms with Crippen LogP contribution < -0.4 is 5.69 Å². The minimum Gasteiger partial charge on any atom is -0.313 e. The van der Waals surface area contributed by atoms with Gasteiger partial charge in [-0.2, -0.15) is 0 Å². The summed E-state index contributed by atoms with van der Waals surface area (Å²) in [6, 6.07) is 0. The van der Waals surface area contributed by atoms with E-state index in [0.29, 0.717) is 11.9 Å². The molecular weight excluding hydrogens is 170 g/mol. The highest BCUT2D eigenvalue weighted by Gasteiger charge is 2.04. The van der Waals surface area contributed by atoms with Crippen molar-refractivity contribution in [3.05, 3.63) is 34.1 Å². The molecule has 0 fully saturated rings. The lowest BCUT2D eigenvalue weighted by atomic mass is 10.4.